The Balaban J connectivity index is 2.03. The normalized spacial score (nSPS) is 11.4. The molecule has 0 aliphatic heterocycles. The molecule has 1 rings (SSSR count). The zero-order valence-electron chi connectivity index (χ0n) is 23.9. The van der Waals surface area contributed by atoms with Crippen molar-refractivity contribution in [2.75, 3.05) is 66.1 Å². The molecule has 0 unspecified atom stereocenters. The summed E-state index contributed by atoms with van der Waals surface area (Å²) in [6, 6.07) is 0. The van der Waals surface area contributed by atoms with Crippen LogP contribution in [0.2, 0.25) is 0 Å². The van der Waals surface area contributed by atoms with Crippen molar-refractivity contribution < 1.29 is 74.3 Å². The van der Waals surface area contributed by atoms with E-state index in [0.29, 0.717) is 0 Å². The average Bonchev–Trinajstić information content (AvgIpc) is 2.94. The van der Waals surface area contributed by atoms with E-state index >= 15 is 0 Å². The molecular weight excluding hydrogens is 595 g/mol. The molecular formula is C27H33F5O11. The van der Waals surface area contributed by atoms with E-state index in [-0.39, 0.29) is 72.5 Å². The second-order valence-corrected chi connectivity index (χ2v) is 8.78. The summed E-state index contributed by atoms with van der Waals surface area (Å²) in [5.41, 5.74) is -2.28. The molecule has 0 fully saturated rings. The van der Waals surface area contributed by atoms with Crippen LogP contribution in [0.15, 0.2) is 0 Å². The molecule has 0 saturated heterocycles. The van der Waals surface area contributed by atoms with Gasteiger partial charge in [0, 0.05) is 6.42 Å². The number of halogens is 5. The Morgan fingerprint density at radius 2 is 0.791 bits per heavy atom. The number of esters is 1. The van der Waals surface area contributed by atoms with Crippen LogP contribution in [0, 0.1) is 34.5 Å². The number of hydrogen-bond acceptors (Lipinski definition) is 11. The molecule has 1 aromatic rings. The molecule has 0 heterocycles. The van der Waals surface area contributed by atoms with Crippen molar-refractivity contribution in [2.24, 2.45) is 5.41 Å². The predicted octanol–water partition coefficient (Wildman–Crippen LogP) is 2.47. The summed E-state index contributed by atoms with van der Waals surface area (Å²) in [4.78, 5) is 59.6. The molecule has 0 atom stereocenters. The number of carbonyl (C=O) groups excluding carboxylic acids is 5. The number of Topliss-reactive ketones (excluding diaryl/α,β-unsaturated/α-hetero) is 4. The van der Waals surface area contributed by atoms with Crippen molar-refractivity contribution in [1.82, 2.24) is 0 Å². The molecule has 43 heavy (non-hydrogen) atoms. The highest BCUT2D eigenvalue weighted by atomic mass is 19.2. The molecule has 0 N–H and O–H groups in total. The van der Waals surface area contributed by atoms with E-state index in [2.05, 4.69) is 4.74 Å². The average molecular weight is 629 g/mol. The van der Waals surface area contributed by atoms with Gasteiger partial charge in [-0.05, 0) is 20.8 Å². The summed E-state index contributed by atoms with van der Waals surface area (Å²) in [7, 11) is 0. The third-order valence-corrected chi connectivity index (χ3v) is 5.80. The van der Waals surface area contributed by atoms with E-state index in [1.807, 2.05) is 0 Å². The summed E-state index contributed by atoms with van der Waals surface area (Å²) in [6.45, 7) is 4.05. The molecule has 242 valence electrons. The minimum Gasteiger partial charge on any atom is -0.420 e. The summed E-state index contributed by atoms with van der Waals surface area (Å²) in [5, 5.41) is 0. The van der Waals surface area contributed by atoms with Crippen LogP contribution >= 0.6 is 0 Å². The highest BCUT2D eigenvalue weighted by molar-refractivity contribution is 6.37. The van der Waals surface area contributed by atoms with Gasteiger partial charge >= 0.3 is 5.97 Å². The van der Waals surface area contributed by atoms with Crippen LogP contribution in [-0.4, -0.2) is 95.2 Å². The fraction of sp³-hybridized carbons (Fsp3) is 0.593. The molecule has 0 saturated carbocycles. The summed E-state index contributed by atoms with van der Waals surface area (Å²) in [5.74, 6) is -17.6. The summed E-state index contributed by atoms with van der Waals surface area (Å²) in [6.07, 6.45) is -0.809. The Labute approximate surface area is 243 Å². The number of hydrogen-bond donors (Lipinski definition) is 0. The van der Waals surface area contributed by atoms with E-state index in [0.717, 1.165) is 20.8 Å². The first kappa shape index (κ1) is 37.8. The Morgan fingerprint density at radius 1 is 0.488 bits per heavy atom. The minimum absolute atomic E-state index is 0.0315. The number of benzene rings is 1. The van der Waals surface area contributed by atoms with Gasteiger partial charge < -0.3 is 28.4 Å². The molecule has 0 radical (unpaired) electrons. The zero-order chi connectivity index (χ0) is 32.6. The van der Waals surface area contributed by atoms with Crippen LogP contribution in [0.1, 0.15) is 33.6 Å². The van der Waals surface area contributed by atoms with Crippen LogP contribution in [0.5, 0.6) is 5.75 Å². The quantitative estimate of drug-likeness (QED) is 0.0336. The molecule has 0 bridgehead atoms. The van der Waals surface area contributed by atoms with Crippen LogP contribution in [0.3, 0.4) is 0 Å². The third-order valence-electron chi connectivity index (χ3n) is 5.80. The lowest BCUT2D eigenvalue weighted by molar-refractivity contribution is -0.153. The fourth-order valence-corrected chi connectivity index (χ4v) is 3.66. The molecule has 0 aromatic heterocycles. The van der Waals surface area contributed by atoms with E-state index in [9.17, 15) is 45.9 Å². The molecule has 11 nitrogen and oxygen atoms in total. The van der Waals surface area contributed by atoms with Crippen molar-refractivity contribution in [3.63, 3.8) is 0 Å². The van der Waals surface area contributed by atoms with E-state index in [4.69, 9.17) is 23.7 Å². The van der Waals surface area contributed by atoms with E-state index < -0.39 is 75.8 Å². The largest absolute Gasteiger partial charge is 0.420 e. The first-order chi connectivity index (χ1) is 20.3. The highest BCUT2D eigenvalue weighted by Crippen LogP contribution is 2.29. The molecule has 0 aliphatic carbocycles. The number of carbonyl (C=O) groups is 5. The fourth-order valence-electron chi connectivity index (χ4n) is 3.66. The molecule has 0 aliphatic rings. The Morgan fingerprint density at radius 3 is 1.14 bits per heavy atom. The monoisotopic (exact) mass is 628 g/mol. The standard InChI is InChI=1S/C27H33F5O11/c1-16(33)27(17(2)34,18(3)35)19(36)4-6-38-8-10-40-12-14-42-15-13-41-11-9-39-7-5-20(37)43-26-24(31)22(29)21(28)23(30)25(26)32/h4-15H2,1-3H3. The summed E-state index contributed by atoms with van der Waals surface area (Å²) < 4.78 is 96.6. The van der Waals surface area contributed by atoms with Gasteiger partial charge in [0.25, 0.3) is 0 Å². The van der Waals surface area contributed by atoms with Crippen molar-refractivity contribution in [3.8, 4) is 5.75 Å². The maximum absolute atomic E-state index is 13.5. The number of ether oxygens (including phenoxy) is 6. The van der Waals surface area contributed by atoms with Crippen LogP contribution in [0.25, 0.3) is 0 Å². The van der Waals surface area contributed by atoms with Crippen LogP contribution < -0.4 is 4.74 Å². The van der Waals surface area contributed by atoms with Gasteiger partial charge in [0.05, 0.1) is 72.5 Å². The van der Waals surface area contributed by atoms with Gasteiger partial charge in [-0.1, -0.05) is 0 Å². The molecule has 16 heteroatoms. The smallest absolute Gasteiger partial charge is 0.313 e. The zero-order valence-corrected chi connectivity index (χ0v) is 23.9. The lowest BCUT2D eigenvalue weighted by atomic mass is 9.72. The minimum atomic E-state index is -2.37. The van der Waals surface area contributed by atoms with Gasteiger partial charge in [-0.15, -0.1) is 0 Å². The maximum Gasteiger partial charge on any atom is 0.313 e. The topological polar surface area (TPSA) is 141 Å². The number of ketones is 4. The Kier molecular flexibility index (Phi) is 16.9. The van der Waals surface area contributed by atoms with Crippen molar-refractivity contribution in [3.05, 3.63) is 29.1 Å². The van der Waals surface area contributed by atoms with Crippen LogP contribution in [-0.2, 0) is 47.7 Å². The maximum atomic E-state index is 13.5. The van der Waals surface area contributed by atoms with Crippen LogP contribution in [0.4, 0.5) is 22.0 Å². The van der Waals surface area contributed by atoms with Gasteiger partial charge in [-0.2, -0.15) is 8.78 Å². The van der Waals surface area contributed by atoms with Gasteiger partial charge in [-0.3, -0.25) is 24.0 Å². The second-order valence-electron chi connectivity index (χ2n) is 8.78. The summed E-state index contributed by atoms with van der Waals surface area (Å²) >= 11 is 0. The van der Waals surface area contributed by atoms with Gasteiger partial charge in [-0.25, -0.2) is 13.2 Å². The van der Waals surface area contributed by atoms with Crippen molar-refractivity contribution in [1.29, 1.82) is 0 Å². The predicted molar refractivity (Wildman–Crippen MR) is 135 cm³/mol. The Hall–Kier alpha value is -3.18. The molecule has 1 aromatic carbocycles. The van der Waals surface area contributed by atoms with E-state index in [1.165, 1.54) is 0 Å². The van der Waals surface area contributed by atoms with Crippen molar-refractivity contribution in [2.45, 2.75) is 33.6 Å². The second kappa shape index (κ2) is 19.2. The highest BCUT2D eigenvalue weighted by Gasteiger charge is 2.51. The Bertz CT molecular complexity index is 1080. The lowest BCUT2D eigenvalue weighted by Gasteiger charge is -2.23. The third kappa shape index (κ3) is 11.1. The first-order valence-electron chi connectivity index (χ1n) is 13.0. The molecule has 0 amide bonds. The number of rotatable bonds is 23. The lowest BCUT2D eigenvalue weighted by Crippen LogP contribution is -2.50. The van der Waals surface area contributed by atoms with Gasteiger partial charge in [0.2, 0.25) is 40.3 Å². The van der Waals surface area contributed by atoms with Gasteiger partial charge in [0.15, 0.2) is 23.1 Å². The van der Waals surface area contributed by atoms with Crippen molar-refractivity contribution >= 4 is 29.1 Å². The molecule has 0 spiro atoms. The first-order valence-corrected chi connectivity index (χ1v) is 13.0. The SMILES string of the molecule is CC(=O)C(C(C)=O)(C(C)=O)C(=O)CCOCCOCCOCCOCCOCCC(=O)Oc1c(F)c(F)c(F)c(F)c1F. The van der Waals surface area contributed by atoms with E-state index in [1.54, 1.807) is 0 Å². The van der Waals surface area contributed by atoms with Gasteiger partial charge in [0.1, 0.15) is 0 Å².